The molecule has 3 aromatic carbocycles. The fraction of sp³-hybridized carbons (Fsp3) is 0.143. The van der Waals surface area contributed by atoms with Crippen molar-refractivity contribution in [2.75, 3.05) is 6.16 Å². The first kappa shape index (κ1) is 25.8. The molecule has 5 aromatic rings. The van der Waals surface area contributed by atoms with Crippen LogP contribution in [0.3, 0.4) is 0 Å². The molecular formula is C35H36N2P+3. The normalized spacial score (nSPS) is 11.6. The Morgan fingerprint density at radius 2 is 1.03 bits per heavy atom. The number of aryl methyl sites for hydroxylation is 1. The van der Waals surface area contributed by atoms with E-state index in [0.29, 0.717) is 0 Å². The van der Waals surface area contributed by atoms with Crippen LogP contribution in [0.2, 0.25) is 0 Å². The van der Waals surface area contributed by atoms with Crippen molar-refractivity contribution in [2.24, 2.45) is 0 Å². The molecule has 0 N–H and O–H groups in total. The summed E-state index contributed by atoms with van der Waals surface area (Å²) >= 11 is 0. The number of nitrogens with zero attached hydrogens (tertiary/aromatic N) is 2. The summed E-state index contributed by atoms with van der Waals surface area (Å²) in [6.07, 6.45) is 16.6. The highest BCUT2D eigenvalue weighted by Gasteiger charge is 2.44. The van der Waals surface area contributed by atoms with Gasteiger partial charge in [0, 0.05) is 36.8 Å². The Kier molecular flexibility index (Phi) is 8.53. The van der Waals surface area contributed by atoms with E-state index < -0.39 is 7.26 Å². The van der Waals surface area contributed by atoms with E-state index >= 15 is 0 Å². The largest absolute Gasteiger partial charge is 0.205 e. The number of pyridine rings is 2. The van der Waals surface area contributed by atoms with Gasteiger partial charge in [0.15, 0.2) is 31.0 Å². The summed E-state index contributed by atoms with van der Waals surface area (Å²) < 4.78 is 4.42. The fourth-order valence-electron chi connectivity index (χ4n) is 5.01. The van der Waals surface area contributed by atoms with Gasteiger partial charge in [0.05, 0.1) is 6.16 Å². The lowest BCUT2D eigenvalue weighted by atomic mass is 10.1. The summed E-state index contributed by atoms with van der Waals surface area (Å²) in [4.78, 5) is 0. The standard InChI is InChI=1S/C35H36N2P/c1-2-3-24-36-26-20-31(21-27-36)32-22-28-37(29-23-32)25-13-30-38(33-14-7-4-8-15-33,34-16-9-5-10-17-34)35-18-11-6-12-19-35/h4-23,25-29H,2-3,24,30H2,1H3/q+3/b25-13+. The third-order valence-corrected chi connectivity index (χ3v) is 11.4. The number of allylic oxidation sites excluding steroid dienone is 1. The third-order valence-electron chi connectivity index (χ3n) is 7.09. The third kappa shape index (κ3) is 5.82. The lowest BCUT2D eigenvalue weighted by Crippen LogP contribution is -2.33. The highest BCUT2D eigenvalue weighted by atomic mass is 31.2. The summed E-state index contributed by atoms with van der Waals surface area (Å²) in [6, 6.07) is 42.0. The van der Waals surface area contributed by atoms with Crippen LogP contribution in [0.5, 0.6) is 0 Å². The van der Waals surface area contributed by atoms with Gasteiger partial charge in [-0.05, 0) is 47.5 Å². The van der Waals surface area contributed by atoms with Crippen molar-refractivity contribution in [3.05, 3.63) is 146 Å². The maximum absolute atomic E-state index is 2.35. The molecule has 0 amide bonds. The highest BCUT2D eigenvalue weighted by Crippen LogP contribution is 2.55. The van der Waals surface area contributed by atoms with Crippen LogP contribution in [0.25, 0.3) is 17.3 Å². The molecule has 0 unspecified atom stereocenters. The van der Waals surface area contributed by atoms with Gasteiger partial charge in [-0.25, -0.2) is 4.57 Å². The summed E-state index contributed by atoms with van der Waals surface area (Å²) in [5.41, 5.74) is 2.48. The topological polar surface area (TPSA) is 7.76 Å². The predicted molar refractivity (Wildman–Crippen MR) is 163 cm³/mol. The van der Waals surface area contributed by atoms with Crippen molar-refractivity contribution >= 4 is 29.4 Å². The van der Waals surface area contributed by atoms with E-state index in [1.807, 2.05) is 0 Å². The van der Waals surface area contributed by atoms with E-state index in [2.05, 4.69) is 168 Å². The molecule has 0 radical (unpaired) electrons. The zero-order valence-corrected chi connectivity index (χ0v) is 23.0. The van der Waals surface area contributed by atoms with Crippen molar-refractivity contribution in [2.45, 2.75) is 26.3 Å². The minimum atomic E-state index is -1.86. The van der Waals surface area contributed by atoms with Gasteiger partial charge < -0.3 is 0 Å². The second kappa shape index (κ2) is 12.6. The highest BCUT2D eigenvalue weighted by molar-refractivity contribution is 7.95. The summed E-state index contributed by atoms with van der Waals surface area (Å²) in [5.74, 6) is 0. The second-order valence-electron chi connectivity index (χ2n) is 9.60. The number of hydrogen-bond acceptors (Lipinski definition) is 0. The van der Waals surface area contributed by atoms with Gasteiger partial charge in [-0.15, -0.1) is 0 Å². The Balaban J connectivity index is 1.43. The lowest BCUT2D eigenvalue weighted by Gasteiger charge is -2.26. The lowest BCUT2D eigenvalue weighted by molar-refractivity contribution is -0.697. The first-order chi connectivity index (χ1) is 18.8. The van der Waals surface area contributed by atoms with Crippen molar-refractivity contribution < 1.29 is 9.13 Å². The van der Waals surface area contributed by atoms with Crippen LogP contribution in [0.15, 0.2) is 146 Å². The van der Waals surface area contributed by atoms with Gasteiger partial charge in [-0.1, -0.05) is 67.9 Å². The minimum absolute atomic E-state index is 0.955. The summed E-state index contributed by atoms with van der Waals surface area (Å²) in [7, 11) is -1.86. The maximum atomic E-state index is 2.35. The Morgan fingerprint density at radius 3 is 1.47 bits per heavy atom. The molecule has 2 aromatic heterocycles. The van der Waals surface area contributed by atoms with E-state index in [0.717, 1.165) is 12.7 Å². The van der Waals surface area contributed by atoms with Crippen LogP contribution in [-0.4, -0.2) is 6.16 Å². The maximum Gasteiger partial charge on any atom is 0.175 e. The Labute approximate surface area is 227 Å². The van der Waals surface area contributed by atoms with E-state index in [9.17, 15) is 0 Å². The first-order valence-electron chi connectivity index (χ1n) is 13.5. The predicted octanol–water partition coefficient (Wildman–Crippen LogP) is 6.19. The van der Waals surface area contributed by atoms with Crippen LogP contribution in [0, 0.1) is 0 Å². The average Bonchev–Trinajstić information content (AvgIpc) is 3.00. The van der Waals surface area contributed by atoms with E-state index in [-0.39, 0.29) is 0 Å². The van der Waals surface area contributed by atoms with Crippen LogP contribution < -0.4 is 25.0 Å². The molecular weight excluding hydrogens is 479 g/mol. The van der Waals surface area contributed by atoms with Gasteiger partial charge >= 0.3 is 0 Å². The first-order valence-corrected chi connectivity index (χ1v) is 15.5. The minimum Gasteiger partial charge on any atom is -0.205 e. The van der Waals surface area contributed by atoms with Crippen molar-refractivity contribution in [3.8, 4) is 11.1 Å². The molecule has 0 spiro atoms. The SMILES string of the molecule is CCCC[n+]1ccc(-c2cc[n+](/C=C/C[P+](c3ccccc3)(c3ccccc3)c3ccccc3)cc2)cc1. The van der Waals surface area contributed by atoms with Crippen LogP contribution in [0.1, 0.15) is 19.8 Å². The van der Waals surface area contributed by atoms with E-state index in [4.69, 9.17) is 0 Å². The summed E-state index contributed by atoms with van der Waals surface area (Å²) in [5, 5.41) is 4.22. The average molecular weight is 516 g/mol. The Hall–Kier alpha value is -3.87. The van der Waals surface area contributed by atoms with Crippen molar-refractivity contribution in [1.29, 1.82) is 0 Å². The zero-order valence-electron chi connectivity index (χ0n) is 22.1. The molecule has 0 saturated carbocycles. The van der Waals surface area contributed by atoms with Gasteiger partial charge in [-0.2, -0.15) is 4.57 Å². The molecule has 38 heavy (non-hydrogen) atoms. The number of unbranched alkanes of at least 4 members (excludes halogenated alkanes) is 1. The molecule has 0 fully saturated rings. The second-order valence-corrected chi connectivity index (χ2v) is 13.1. The number of benzene rings is 3. The van der Waals surface area contributed by atoms with Gasteiger partial charge in [0.1, 0.15) is 29.7 Å². The molecule has 0 aliphatic heterocycles. The fourth-order valence-corrected chi connectivity index (χ4v) is 8.99. The number of rotatable bonds is 10. The molecule has 0 atom stereocenters. The molecule has 0 bridgehead atoms. The summed E-state index contributed by atoms with van der Waals surface area (Å²) in [6.45, 7) is 3.31. The van der Waals surface area contributed by atoms with Gasteiger partial charge in [0.25, 0.3) is 0 Å². The van der Waals surface area contributed by atoms with Crippen LogP contribution in [0.4, 0.5) is 0 Å². The van der Waals surface area contributed by atoms with E-state index in [1.54, 1.807) is 0 Å². The van der Waals surface area contributed by atoms with Gasteiger partial charge in [0.2, 0.25) is 0 Å². The van der Waals surface area contributed by atoms with E-state index in [1.165, 1.54) is 39.9 Å². The molecule has 0 aliphatic rings. The molecule has 2 heterocycles. The molecule has 2 nitrogen and oxygen atoms in total. The Morgan fingerprint density at radius 1 is 0.579 bits per heavy atom. The molecule has 5 rings (SSSR count). The van der Waals surface area contributed by atoms with Crippen molar-refractivity contribution in [3.63, 3.8) is 0 Å². The van der Waals surface area contributed by atoms with Crippen molar-refractivity contribution in [1.82, 2.24) is 0 Å². The molecule has 0 saturated heterocycles. The smallest absolute Gasteiger partial charge is 0.175 e. The molecule has 3 heteroatoms. The zero-order chi connectivity index (χ0) is 26.0. The molecule has 188 valence electrons. The van der Waals surface area contributed by atoms with Crippen LogP contribution >= 0.6 is 7.26 Å². The van der Waals surface area contributed by atoms with Gasteiger partial charge in [-0.3, -0.25) is 0 Å². The monoisotopic (exact) mass is 515 g/mol. The number of aromatic nitrogens is 2. The quantitative estimate of drug-likeness (QED) is 0.155. The van der Waals surface area contributed by atoms with Crippen LogP contribution in [-0.2, 0) is 6.54 Å². The molecule has 0 aliphatic carbocycles. The Bertz CT molecular complexity index is 1330. The number of hydrogen-bond donors (Lipinski definition) is 0.